The molecule has 0 aromatic heterocycles. The fraction of sp³-hybridized carbons (Fsp3) is 0.619. The lowest BCUT2D eigenvalue weighted by Crippen LogP contribution is -2.59. The molecule has 1 aromatic rings. The molecule has 0 saturated heterocycles. The quantitative estimate of drug-likeness (QED) is 0.661. The minimum atomic E-state index is -0.221. The first-order valence-corrected chi connectivity index (χ1v) is 9.32. The molecule has 1 aromatic carbocycles. The van der Waals surface area contributed by atoms with E-state index in [9.17, 15) is 4.79 Å². The molecule has 4 nitrogen and oxygen atoms in total. The lowest BCUT2D eigenvalue weighted by atomic mass is 9.40. The highest BCUT2D eigenvalue weighted by atomic mass is 16.5. The smallest absolute Gasteiger partial charge is 0.246 e. The van der Waals surface area contributed by atoms with Gasteiger partial charge >= 0.3 is 0 Å². The standard InChI is InChI=1S/C21H28N2O2/c1-19-8-15-9-20(2,12-19)14-21(10-15,13-19)18(24)23-22-11-16-6-4-5-7-17(16)25-3/h4-7,11,15H,8-10,12-14H2,1-3H3,(H,23,24)/b22-11+. The second-order valence-electron chi connectivity index (χ2n) is 9.35. The summed E-state index contributed by atoms with van der Waals surface area (Å²) in [7, 11) is 1.64. The molecule has 5 rings (SSSR count). The maximum atomic E-state index is 13.1. The summed E-state index contributed by atoms with van der Waals surface area (Å²) in [5.74, 6) is 1.57. The van der Waals surface area contributed by atoms with Crippen molar-refractivity contribution in [2.45, 2.75) is 52.4 Å². The molecule has 1 N–H and O–H groups in total. The molecule has 0 heterocycles. The Hall–Kier alpha value is -1.84. The first-order chi connectivity index (χ1) is 11.9. The first-order valence-electron chi connectivity index (χ1n) is 9.32. The third-order valence-electron chi connectivity index (χ3n) is 6.62. The van der Waals surface area contributed by atoms with Crippen LogP contribution in [0.15, 0.2) is 29.4 Å². The Bertz CT molecular complexity index is 708. The number of nitrogens with zero attached hydrogens (tertiary/aromatic N) is 1. The van der Waals surface area contributed by atoms with Gasteiger partial charge in [0.1, 0.15) is 5.75 Å². The molecular formula is C21H28N2O2. The van der Waals surface area contributed by atoms with E-state index < -0.39 is 0 Å². The van der Waals surface area contributed by atoms with Gasteiger partial charge in [0.2, 0.25) is 5.91 Å². The van der Waals surface area contributed by atoms with Crippen molar-refractivity contribution in [2.75, 3.05) is 7.11 Å². The molecule has 1 amide bonds. The molecule has 4 aliphatic rings. The zero-order valence-corrected chi connectivity index (χ0v) is 15.5. The highest BCUT2D eigenvalue weighted by Gasteiger charge is 2.62. The van der Waals surface area contributed by atoms with Gasteiger partial charge in [-0.25, -0.2) is 5.43 Å². The van der Waals surface area contributed by atoms with E-state index in [4.69, 9.17) is 4.74 Å². The van der Waals surface area contributed by atoms with E-state index in [0.29, 0.717) is 16.7 Å². The van der Waals surface area contributed by atoms with Crippen molar-refractivity contribution in [3.05, 3.63) is 29.8 Å². The number of ether oxygens (including phenoxy) is 1. The number of rotatable bonds is 4. The van der Waals surface area contributed by atoms with Crippen molar-refractivity contribution < 1.29 is 9.53 Å². The van der Waals surface area contributed by atoms with Crippen molar-refractivity contribution in [1.82, 2.24) is 5.43 Å². The molecule has 2 atom stereocenters. The van der Waals surface area contributed by atoms with Gasteiger partial charge in [0.25, 0.3) is 0 Å². The molecule has 0 spiro atoms. The Morgan fingerprint density at radius 3 is 2.48 bits per heavy atom. The summed E-state index contributed by atoms with van der Waals surface area (Å²) in [4.78, 5) is 13.1. The largest absolute Gasteiger partial charge is 0.496 e. The average molecular weight is 340 g/mol. The van der Waals surface area contributed by atoms with Gasteiger partial charge in [-0.05, 0) is 67.4 Å². The molecule has 4 saturated carbocycles. The number of amides is 1. The summed E-state index contributed by atoms with van der Waals surface area (Å²) in [6.45, 7) is 4.77. The van der Waals surface area contributed by atoms with Crippen molar-refractivity contribution in [3.63, 3.8) is 0 Å². The Balaban J connectivity index is 1.51. The summed E-state index contributed by atoms with van der Waals surface area (Å²) in [6, 6.07) is 7.68. The molecule has 4 aliphatic carbocycles. The minimum absolute atomic E-state index is 0.111. The van der Waals surface area contributed by atoms with Crippen molar-refractivity contribution >= 4 is 12.1 Å². The Morgan fingerprint density at radius 1 is 1.16 bits per heavy atom. The summed E-state index contributed by atoms with van der Waals surface area (Å²) < 4.78 is 5.33. The Kier molecular flexibility index (Phi) is 3.71. The number of hydrogen-bond donors (Lipinski definition) is 1. The molecular weight excluding hydrogens is 312 g/mol. The van der Waals surface area contributed by atoms with E-state index in [-0.39, 0.29) is 11.3 Å². The first kappa shape index (κ1) is 16.6. The highest BCUT2D eigenvalue weighted by Crippen LogP contribution is 2.69. The van der Waals surface area contributed by atoms with Crippen LogP contribution in [0.2, 0.25) is 0 Å². The van der Waals surface area contributed by atoms with Gasteiger partial charge in [0, 0.05) is 5.56 Å². The van der Waals surface area contributed by atoms with Crippen LogP contribution < -0.4 is 10.2 Å². The number of methoxy groups -OCH3 is 1. The van der Waals surface area contributed by atoms with E-state index in [2.05, 4.69) is 24.4 Å². The molecule has 2 unspecified atom stereocenters. The topological polar surface area (TPSA) is 50.7 Å². The number of carbonyl (C=O) groups excluding carboxylic acids is 1. The second-order valence-corrected chi connectivity index (χ2v) is 9.35. The van der Waals surface area contributed by atoms with E-state index in [0.717, 1.165) is 30.6 Å². The predicted octanol–water partition coefficient (Wildman–Crippen LogP) is 4.14. The molecule has 134 valence electrons. The van der Waals surface area contributed by atoms with Gasteiger partial charge < -0.3 is 4.74 Å². The lowest BCUT2D eigenvalue weighted by Gasteiger charge is -2.64. The third-order valence-corrected chi connectivity index (χ3v) is 6.62. The Morgan fingerprint density at radius 2 is 1.84 bits per heavy atom. The normalized spacial score (nSPS) is 38.9. The van der Waals surface area contributed by atoms with Crippen molar-refractivity contribution in [1.29, 1.82) is 0 Å². The van der Waals surface area contributed by atoms with E-state index >= 15 is 0 Å². The van der Waals surface area contributed by atoms with Gasteiger partial charge in [-0.3, -0.25) is 4.79 Å². The molecule has 4 fully saturated rings. The van der Waals surface area contributed by atoms with Crippen LogP contribution in [0.1, 0.15) is 57.9 Å². The highest BCUT2D eigenvalue weighted by molar-refractivity contribution is 5.87. The summed E-state index contributed by atoms with van der Waals surface area (Å²) >= 11 is 0. The van der Waals surface area contributed by atoms with Crippen LogP contribution in [0.25, 0.3) is 0 Å². The molecule has 25 heavy (non-hydrogen) atoms. The van der Waals surface area contributed by atoms with Gasteiger partial charge in [-0.1, -0.05) is 26.0 Å². The Labute approximate surface area is 150 Å². The van der Waals surface area contributed by atoms with Crippen molar-refractivity contribution in [2.24, 2.45) is 27.3 Å². The van der Waals surface area contributed by atoms with Gasteiger partial charge in [-0.15, -0.1) is 0 Å². The molecule has 0 radical (unpaired) electrons. The van der Waals surface area contributed by atoms with Crippen LogP contribution in [0.5, 0.6) is 5.75 Å². The van der Waals surface area contributed by atoms with Crippen molar-refractivity contribution in [3.8, 4) is 5.75 Å². The number of hydrogen-bond acceptors (Lipinski definition) is 3. The van der Waals surface area contributed by atoms with Gasteiger partial charge in [-0.2, -0.15) is 5.10 Å². The van der Waals surface area contributed by atoms with Crippen LogP contribution in [0.4, 0.5) is 0 Å². The number of nitrogens with one attached hydrogen (secondary N) is 1. The monoisotopic (exact) mass is 340 g/mol. The molecule has 0 aliphatic heterocycles. The van der Waals surface area contributed by atoms with E-state index in [1.54, 1.807) is 13.3 Å². The third kappa shape index (κ3) is 2.86. The average Bonchev–Trinajstić information content (AvgIpc) is 2.51. The summed E-state index contributed by atoms with van der Waals surface area (Å²) in [6.07, 6.45) is 8.61. The van der Waals surface area contributed by atoms with Crippen LogP contribution >= 0.6 is 0 Å². The second kappa shape index (κ2) is 5.58. The van der Waals surface area contributed by atoms with Crippen LogP contribution in [0, 0.1) is 22.2 Å². The number of para-hydroxylation sites is 1. The SMILES string of the molecule is COc1ccccc1/C=N/NC(=O)C12CC3CC(C)(CC(C)(C3)C1)C2. The van der Waals surface area contributed by atoms with E-state index in [1.165, 1.54) is 19.3 Å². The molecule has 4 bridgehead atoms. The number of carbonyl (C=O) groups is 1. The van der Waals surface area contributed by atoms with Crippen LogP contribution in [0.3, 0.4) is 0 Å². The molecule has 4 heteroatoms. The zero-order chi connectivity index (χ0) is 17.7. The number of hydrazone groups is 1. The van der Waals surface area contributed by atoms with Gasteiger partial charge in [0.05, 0.1) is 18.7 Å². The van der Waals surface area contributed by atoms with Crippen LogP contribution in [-0.2, 0) is 4.79 Å². The maximum absolute atomic E-state index is 13.1. The zero-order valence-electron chi connectivity index (χ0n) is 15.5. The maximum Gasteiger partial charge on any atom is 0.246 e. The lowest BCUT2D eigenvalue weighted by molar-refractivity contribution is -0.170. The summed E-state index contributed by atoms with van der Waals surface area (Å²) in [5, 5.41) is 4.25. The minimum Gasteiger partial charge on any atom is -0.496 e. The van der Waals surface area contributed by atoms with E-state index in [1.807, 2.05) is 24.3 Å². The van der Waals surface area contributed by atoms with Gasteiger partial charge in [0.15, 0.2) is 0 Å². The summed E-state index contributed by atoms with van der Waals surface area (Å²) in [5.41, 5.74) is 4.16. The fourth-order valence-corrected chi connectivity index (χ4v) is 6.75. The van der Waals surface area contributed by atoms with Crippen LogP contribution in [-0.4, -0.2) is 19.2 Å². The fourth-order valence-electron chi connectivity index (χ4n) is 6.75. The number of benzene rings is 1. The predicted molar refractivity (Wildman–Crippen MR) is 98.6 cm³/mol.